The summed E-state index contributed by atoms with van der Waals surface area (Å²) in [7, 11) is -3.40. The van der Waals surface area contributed by atoms with Gasteiger partial charge in [0.05, 0.1) is 6.26 Å². The molecule has 1 atom stereocenters. The molecule has 8 heteroatoms. The summed E-state index contributed by atoms with van der Waals surface area (Å²) in [4.78, 5) is 24.2. The number of hydrogen-bond donors (Lipinski definition) is 1. The van der Waals surface area contributed by atoms with Crippen LogP contribution in [0.1, 0.15) is 22.8 Å². The lowest BCUT2D eigenvalue weighted by molar-refractivity contribution is -0.140. The summed E-state index contributed by atoms with van der Waals surface area (Å²) in [5.41, 5.74) is 1.29. The fraction of sp³-hybridized carbons (Fsp3) is 0.158. The molecule has 0 aromatic heterocycles. The van der Waals surface area contributed by atoms with Gasteiger partial charge >= 0.3 is 5.97 Å². The number of anilines is 1. The molecule has 2 aromatic rings. The predicted molar refractivity (Wildman–Crippen MR) is 105 cm³/mol. The van der Waals surface area contributed by atoms with Crippen LogP contribution in [0.5, 0.6) is 0 Å². The monoisotopic (exact) mass is 407 g/mol. The second-order valence-electron chi connectivity index (χ2n) is 5.75. The normalized spacial score (nSPS) is 12.6. The summed E-state index contributed by atoms with van der Waals surface area (Å²) < 4.78 is 29.8. The molecule has 0 spiro atoms. The number of carbonyl (C=O) groups excluding carboxylic acids is 2. The van der Waals surface area contributed by atoms with Crippen LogP contribution in [0.15, 0.2) is 54.6 Å². The van der Waals surface area contributed by atoms with E-state index in [2.05, 4.69) is 4.72 Å². The molecule has 0 bridgehead atoms. The molecule has 27 heavy (non-hydrogen) atoms. The minimum atomic E-state index is -3.40. The van der Waals surface area contributed by atoms with Crippen molar-refractivity contribution in [3.8, 4) is 0 Å². The van der Waals surface area contributed by atoms with Crippen molar-refractivity contribution in [1.82, 2.24) is 0 Å². The van der Waals surface area contributed by atoms with Crippen molar-refractivity contribution < 1.29 is 22.7 Å². The quantitative estimate of drug-likeness (QED) is 0.430. The number of sulfonamides is 1. The number of carbonyl (C=O) groups is 2. The maximum absolute atomic E-state index is 12.3. The third-order valence-corrected chi connectivity index (χ3v) is 4.39. The zero-order valence-electron chi connectivity index (χ0n) is 14.7. The standard InChI is InChI=1S/C19H18ClNO5S/c1-13(26-18(22)12-9-14-5-3-4-6-17(14)20)19(23)15-7-10-16(11-8-15)21-27(2,24)25/h3-13,21H,1-2H3. The van der Waals surface area contributed by atoms with E-state index in [-0.39, 0.29) is 0 Å². The smallest absolute Gasteiger partial charge is 0.331 e. The van der Waals surface area contributed by atoms with E-state index in [0.717, 1.165) is 6.26 Å². The van der Waals surface area contributed by atoms with Gasteiger partial charge in [0.1, 0.15) is 0 Å². The topological polar surface area (TPSA) is 89.5 Å². The van der Waals surface area contributed by atoms with Gasteiger partial charge < -0.3 is 4.74 Å². The fourth-order valence-electron chi connectivity index (χ4n) is 2.19. The lowest BCUT2D eigenvalue weighted by Gasteiger charge is -2.11. The van der Waals surface area contributed by atoms with Gasteiger partial charge in [-0.1, -0.05) is 29.8 Å². The Kier molecular flexibility index (Phi) is 6.76. The van der Waals surface area contributed by atoms with Gasteiger partial charge in [0.2, 0.25) is 15.8 Å². The third-order valence-electron chi connectivity index (χ3n) is 3.44. The molecule has 2 rings (SSSR count). The van der Waals surface area contributed by atoms with Crippen molar-refractivity contribution in [3.63, 3.8) is 0 Å². The molecule has 1 unspecified atom stereocenters. The second-order valence-corrected chi connectivity index (χ2v) is 7.91. The van der Waals surface area contributed by atoms with Crippen LogP contribution in [0.2, 0.25) is 5.02 Å². The summed E-state index contributed by atoms with van der Waals surface area (Å²) in [5.74, 6) is -1.08. The molecule has 0 saturated carbocycles. The van der Waals surface area contributed by atoms with E-state index >= 15 is 0 Å². The van der Waals surface area contributed by atoms with E-state index in [4.69, 9.17) is 16.3 Å². The molecule has 0 amide bonds. The number of ether oxygens (including phenoxy) is 1. The minimum absolute atomic E-state index is 0.296. The van der Waals surface area contributed by atoms with E-state index in [1.54, 1.807) is 24.3 Å². The Morgan fingerprint density at radius 2 is 1.74 bits per heavy atom. The zero-order valence-corrected chi connectivity index (χ0v) is 16.3. The number of nitrogens with one attached hydrogen (secondary N) is 1. The molecule has 0 aliphatic heterocycles. The third kappa shape index (κ3) is 6.54. The molecule has 1 N–H and O–H groups in total. The molecule has 142 valence electrons. The van der Waals surface area contributed by atoms with Crippen molar-refractivity contribution in [2.75, 3.05) is 11.0 Å². The number of benzene rings is 2. The Bertz CT molecular complexity index is 968. The van der Waals surface area contributed by atoms with E-state index in [1.165, 1.54) is 43.3 Å². The van der Waals surface area contributed by atoms with Crippen LogP contribution >= 0.6 is 11.6 Å². The second kappa shape index (κ2) is 8.83. The van der Waals surface area contributed by atoms with E-state index in [0.29, 0.717) is 21.8 Å². The molecule has 0 aliphatic rings. The van der Waals surface area contributed by atoms with Crippen molar-refractivity contribution >= 4 is 45.1 Å². The van der Waals surface area contributed by atoms with Crippen molar-refractivity contribution in [3.05, 3.63) is 70.8 Å². The number of ketones is 1. The number of rotatable bonds is 7. The molecule has 0 fully saturated rings. The Hall–Kier alpha value is -2.64. The van der Waals surface area contributed by atoms with Gasteiger partial charge in [-0.2, -0.15) is 0 Å². The number of Topliss-reactive ketones (excluding diaryl/α,β-unsaturated/α-hetero) is 1. The first-order valence-corrected chi connectivity index (χ1v) is 10.2. The summed E-state index contributed by atoms with van der Waals surface area (Å²) in [5, 5.41) is 0.494. The highest BCUT2D eigenvalue weighted by atomic mass is 35.5. The predicted octanol–water partition coefficient (Wildman–Crippen LogP) is 3.54. The van der Waals surface area contributed by atoms with Crippen LogP contribution in [0.3, 0.4) is 0 Å². The average molecular weight is 408 g/mol. The molecule has 0 aliphatic carbocycles. The highest BCUT2D eigenvalue weighted by molar-refractivity contribution is 7.92. The maximum Gasteiger partial charge on any atom is 0.331 e. The SMILES string of the molecule is CC(OC(=O)C=Cc1ccccc1Cl)C(=O)c1ccc(NS(C)(=O)=O)cc1. The first-order valence-electron chi connectivity index (χ1n) is 7.91. The highest BCUT2D eigenvalue weighted by Gasteiger charge is 2.18. The highest BCUT2D eigenvalue weighted by Crippen LogP contribution is 2.17. The Morgan fingerprint density at radius 3 is 2.33 bits per heavy atom. The van der Waals surface area contributed by atoms with Crippen molar-refractivity contribution in [2.45, 2.75) is 13.0 Å². The van der Waals surface area contributed by atoms with Gasteiger partial charge in [0.15, 0.2) is 6.10 Å². The van der Waals surface area contributed by atoms with Gasteiger partial charge in [-0.3, -0.25) is 9.52 Å². The van der Waals surface area contributed by atoms with Crippen LogP contribution in [-0.2, 0) is 19.6 Å². The summed E-state index contributed by atoms with van der Waals surface area (Å²) in [6.45, 7) is 1.46. The molecule has 0 radical (unpaired) electrons. The Morgan fingerprint density at radius 1 is 1.11 bits per heavy atom. The largest absolute Gasteiger partial charge is 0.451 e. The van der Waals surface area contributed by atoms with Crippen LogP contribution < -0.4 is 4.72 Å². The average Bonchev–Trinajstić information content (AvgIpc) is 2.59. The summed E-state index contributed by atoms with van der Waals surface area (Å²) >= 11 is 6.00. The van der Waals surface area contributed by atoms with Gasteiger partial charge in [-0.15, -0.1) is 0 Å². The van der Waals surface area contributed by atoms with E-state index < -0.39 is 27.9 Å². The van der Waals surface area contributed by atoms with Gasteiger partial charge in [-0.05, 0) is 48.9 Å². The molecule has 2 aromatic carbocycles. The van der Waals surface area contributed by atoms with Crippen LogP contribution in [0.25, 0.3) is 6.08 Å². The van der Waals surface area contributed by atoms with Gasteiger partial charge in [0.25, 0.3) is 0 Å². The summed E-state index contributed by atoms with van der Waals surface area (Å²) in [6, 6.07) is 12.8. The molecular formula is C19H18ClNO5S. The number of halogens is 1. The van der Waals surface area contributed by atoms with Crippen LogP contribution in [-0.4, -0.2) is 32.5 Å². The van der Waals surface area contributed by atoms with Crippen LogP contribution in [0, 0.1) is 0 Å². The Labute approximate surface area is 162 Å². The van der Waals surface area contributed by atoms with E-state index in [1.807, 2.05) is 0 Å². The first kappa shape index (κ1) is 20.7. The zero-order chi connectivity index (χ0) is 20.0. The lowest BCUT2D eigenvalue weighted by Crippen LogP contribution is -2.23. The Balaban J connectivity index is 1.98. The lowest BCUT2D eigenvalue weighted by atomic mass is 10.1. The van der Waals surface area contributed by atoms with Gasteiger partial charge in [-0.25, -0.2) is 13.2 Å². The molecule has 0 heterocycles. The first-order chi connectivity index (χ1) is 12.7. The summed E-state index contributed by atoms with van der Waals surface area (Å²) in [6.07, 6.45) is 2.74. The minimum Gasteiger partial charge on any atom is -0.451 e. The van der Waals surface area contributed by atoms with Gasteiger partial charge in [0, 0.05) is 22.3 Å². The molecule has 6 nitrogen and oxygen atoms in total. The maximum atomic E-state index is 12.3. The molecule has 0 saturated heterocycles. The van der Waals surface area contributed by atoms with E-state index in [9.17, 15) is 18.0 Å². The molecular weight excluding hydrogens is 390 g/mol. The van der Waals surface area contributed by atoms with Crippen LogP contribution in [0.4, 0.5) is 5.69 Å². The van der Waals surface area contributed by atoms with Crippen molar-refractivity contribution in [2.24, 2.45) is 0 Å². The number of esters is 1. The fourth-order valence-corrected chi connectivity index (χ4v) is 2.95. The number of hydrogen-bond acceptors (Lipinski definition) is 5. The van der Waals surface area contributed by atoms with Crippen molar-refractivity contribution in [1.29, 1.82) is 0 Å².